The average Bonchev–Trinajstić information content (AvgIpc) is 2.73. The number of nitrogens with zero attached hydrogens (tertiary/aromatic N) is 2. The fourth-order valence-electron chi connectivity index (χ4n) is 3.30. The van der Waals surface area contributed by atoms with Crippen molar-refractivity contribution in [2.75, 3.05) is 13.1 Å². The van der Waals surface area contributed by atoms with E-state index in [2.05, 4.69) is 0 Å². The molecule has 176 valence electrons. The van der Waals surface area contributed by atoms with Crippen LogP contribution in [-0.2, 0) is 21.4 Å². The lowest BCUT2D eigenvalue weighted by Crippen LogP contribution is -2.56. The molecule has 2 aromatic rings. The van der Waals surface area contributed by atoms with Crippen molar-refractivity contribution in [3.63, 3.8) is 0 Å². The highest BCUT2D eigenvalue weighted by Crippen LogP contribution is 2.34. The van der Waals surface area contributed by atoms with Crippen LogP contribution in [0, 0.1) is 0 Å². The molecule has 5 nitrogen and oxygen atoms in total. The third-order valence-electron chi connectivity index (χ3n) is 5.20. The zero-order valence-electron chi connectivity index (χ0n) is 17.0. The maximum absolute atomic E-state index is 14.5. The normalized spacial score (nSPS) is 15.4. The summed E-state index contributed by atoms with van der Waals surface area (Å²) >= 11 is 11.4. The van der Waals surface area contributed by atoms with Crippen molar-refractivity contribution in [2.45, 2.75) is 31.1 Å². The molecular weight excluding hydrogens is 487 g/mol. The van der Waals surface area contributed by atoms with Crippen molar-refractivity contribution in [1.29, 1.82) is 0 Å². The Bertz CT molecular complexity index is 965. The zero-order chi connectivity index (χ0) is 24.4. The van der Waals surface area contributed by atoms with Gasteiger partial charge in [-0.2, -0.15) is 0 Å². The van der Waals surface area contributed by atoms with Crippen LogP contribution in [0.3, 0.4) is 0 Å². The van der Waals surface area contributed by atoms with Gasteiger partial charge in [0.2, 0.25) is 11.8 Å². The van der Waals surface area contributed by atoms with Crippen LogP contribution < -0.4 is 0 Å². The van der Waals surface area contributed by atoms with Gasteiger partial charge in [0, 0.05) is 47.1 Å². The van der Waals surface area contributed by atoms with Gasteiger partial charge < -0.3 is 0 Å². The molecule has 1 aliphatic rings. The lowest BCUT2D eigenvalue weighted by molar-refractivity contribution is -0.143. The molecule has 0 atom stereocenters. The Morgan fingerprint density at radius 2 is 1.00 bits per heavy atom. The molecule has 0 unspecified atom stereocenters. The highest BCUT2D eigenvalue weighted by Gasteiger charge is 2.42. The van der Waals surface area contributed by atoms with Crippen LogP contribution in [-0.4, -0.2) is 40.7 Å². The van der Waals surface area contributed by atoms with E-state index in [0.717, 1.165) is 24.3 Å². The van der Waals surface area contributed by atoms with Gasteiger partial charge >= 0.3 is 6.03 Å². The lowest BCUT2D eigenvalue weighted by Gasteiger charge is -2.34. The number of hydrogen-bond acceptors (Lipinski definition) is 3. The van der Waals surface area contributed by atoms with Crippen molar-refractivity contribution >= 4 is 41.0 Å². The third kappa shape index (κ3) is 5.83. The second-order valence-electron chi connectivity index (χ2n) is 7.47. The molecule has 1 fully saturated rings. The molecule has 0 bridgehead atoms. The van der Waals surface area contributed by atoms with Gasteiger partial charge in [-0.15, -0.1) is 0 Å². The van der Waals surface area contributed by atoms with E-state index in [0.29, 0.717) is 9.80 Å². The fourth-order valence-corrected chi connectivity index (χ4v) is 3.55. The maximum atomic E-state index is 14.5. The van der Waals surface area contributed by atoms with E-state index in [1.165, 1.54) is 24.3 Å². The molecule has 2 aromatic carbocycles. The number of amides is 4. The van der Waals surface area contributed by atoms with Crippen LogP contribution in [0.15, 0.2) is 48.5 Å². The first-order chi connectivity index (χ1) is 15.4. The van der Waals surface area contributed by atoms with E-state index in [1.54, 1.807) is 0 Å². The number of alkyl halides is 4. The number of carbonyl (C=O) groups excluding carboxylic acids is 3. The average molecular weight is 505 g/mol. The Morgan fingerprint density at radius 1 is 0.667 bits per heavy atom. The van der Waals surface area contributed by atoms with Crippen LogP contribution in [0.25, 0.3) is 0 Å². The Hall–Kier alpha value is -2.65. The van der Waals surface area contributed by atoms with Crippen molar-refractivity contribution in [3.8, 4) is 0 Å². The van der Waals surface area contributed by atoms with Crippen LogP contribution in [0.5, 0.6) is 0 Å². The third-order valence-corrected chi connectivity index (χ3v) is 5.70. The Balaban J connectivity index is 1.67. The van der Waals surface area contributed by atoms with Gasteiger partial charge in [0.15, 0.2) is 0 Å². The minimum Gasteiger partial charge on any atom is -0.274 e. The number of imide groups is 2. The minimum atomic E-state index is -3.39. The minimum absolute atomic E-state index is 0.264. The Labute approximate surface area is 196 Å². The molecule has 11 heteroatoms. The molecule has 0 aromatic heterocycles. The van der Waals surface area contributed by atoms with Gasteiger partial charge in [0.1, 0.15) is 6.42 Å². The summed E-state index contributed by atoms with van der Waals surface area (Å²) in [5.41, 5.74) is -0.723. The first kappa shape index (κ1) is 25.0. The Kier molecular flexibility index (Phi) is 7.33. The summed E-state index contributed by atoms with van der Waals surface area (Å²) in [5.74, 6) is -8.70. The number of barbiturate groups is 1. The zero-order valence-corrected chi connectivity index (χ0v) is 18.6. The predicted octanol–water partition coefficient (Wildman–Crippen LogP) is 5.84. The van der Waals surface area contributed by atoms with Gasteiger partial charge in [-0.3, -0.25) is 19.4 Å². The fraction of sp³-hybridized carbons (Fsp3) is 0.318. The summed E-state index contributed by atoms with van der Waals surface area (Å²) in [4.78, 5) is 37.9. The first-order valence-electron chi connectivity index (χ1n) is 9.83. The second kappa shape index (κ2) is 9.69. The highest BCUT2D eigenvalue weighted by molar-refractivity contribution is 6.30. The van der Waals surface area contributed by atoms with Crippen LogP contribution in [0.2, 0.25) is 10.0 Å². The SMILES string of the molecule is O=C1CC(=O)N(CCC(F)(F)c2ccc(Cl)cc2)C(=O)N1CCC(F)(F)c1ccc(Cl)cc1. The molecule has 0 radical (unpaired) electrons. The first-order valence-corrected chi connectivity index (χ1v) is 10.6. The number of halogens is 6. The van der Waals surface area contributed by atoms with Gasteiger partial charge in [-0.25, -0.2) is 22.4 Å². The van der Waals surface area contributed by atoms with E-state index in [1.807, 2.05) is 0 Å². The summed E-state index contributed by atoms with van der Waals surface area (Å²) in [5, 5.41) is 0.529. The molecule has 0 saturated carbocycles. The van der Waals surface area contributed by atoms with Gasteiger partial charge in [0.05, 0.1) is 0 Å². The van der Waals surface area contributed by atoms with Gasteiger partial charge in [-0.05, 0) is 24.3 Å². The number of urea groups is 1. The van der Waals surface area contributed by atoms with E-state index in [-0.39, 0.29) is 21.2 Å². The number of benzene rings is 2. The molecule has 33 heavy (non-hydrogen) atoms. The van der Waals surface area contributed by atoms with Gasteiger partial charge in [0.25, 0.3) is 11.8 Å². The largest absolute Gasteiger partial charge is 0.333 e. The summed E-state index contributed by atoms with van der Waals surface area (Å²) in [6.45, 7) is -1.38. The van der Waals surface area contributed by atoms with E-state index < -0.39 is 62.0 Å². The maximum Gasteiger partial charge on any atom is 0.333 e. The quantitative estimate of drug-likeness (QED) is 0.335. The summed E-state index contributed by atoms with van der Waals surface area (Å²) in [6.07, 6.45) is -2.59. The number of hydrogen-bond donors (Lipinski definition) is 0. The second-order valence-corrected chi connectivity index (χ2v) is 8.35. The predicted molar refractivity (Wildman–Crippen MR) is 113 cm³/mol. The molecule has 0 N–H and O–H groups in total. The van der Waals surface area contributed by atoms with Crippen LogP contribution in [0.4, 0.5) is 22.4 Å². The highest BCUT2D eigenvalue weighted by atomic mass is 35.5. The molecule has 0 spiro atoms. The monoisotopic (exact) mass is 504 g/mol. The van der Waals surface area contributed by atoms with Crippen molar-refractivity contribution < 1.29 is 31.9 Å². The summed E-state index contributed by atoms with van der Waals surface area (Å²) in [6, 6.07) is 8.41. The molecule has 4 amide bonds. The molecule has 1 heterocycles. The molecule has 0 aliphatic carbocycles. The van der Waals surface area contributed by atoms with Crippen molar-refractivity contribution in [3.05, 3.63) is 69.7 Å². The van der Waals surface area contributed by atoms with E-state index in [9.17, 15) is 31.9 Å². The standard InChI is InChI=1S/C22H18Cl2F4N2O3/c23-16-5-1-14(2-6-16)21(25,26)9-11-29-18(31)13-19(32)30(20(29)33)12-10-22(27,28)15-3-7-17(24)8-4-15/h1-8H,9-13H2. The molecule has 1 aliphatic heterocycles. The topological polar surface area (TPSA) is 57.7 Å². The summed E-state index contributed by atoms with van der Waals surface area (Å²) < 4.78 is 58.0. The molecule has 1 saturated heterocycles. The smallest absolute Gasteiger partial charge is 0.274 e. The van der Waals surface area contributed by atoms with Crippen molar-refractivity contribution in [2.24, 2.45) is 0 Å². The molecule has 3 rings (SSSR count). The van der Waals surface area contributed by atoms with E-state index >= 15 is 0 Å². The van der Waals surface area contributed by atoms with Gasteiger partial charge in [-0.1, -0.05) is 47.5 Å². The van der Waals surface area contributed by atoms with Crippen LogP contribution in [0.1, 0.15) is 30.4 Å². The number of carbonyl (C=O) groups is 3. The van der Waals surface area contributed by atoms with Crippen LogP contribution >= 0.6 is 23.2 Å². The van der Waals surface area contributed by atoms with E-state index in [4.69, 9.17) is 23.2 Å². The lowest BCUT2D eigenvalue weighted by atomic mass is 10.0. The molecular formula is C22H18Cl2F4N2O3. The number of rotatable bonds is 8. The summed E-state index contributed by atoms with van der Waals surface area (Å²) in [7, 11) is 0. The van der Waals surface area contributed by atoms with Crippen molar-refractivity contribution in [1.82, 2.24) is 9.80 Å². The Morgan fingerprint density at radius 3 is 1.33 bits per heavy atom.